The fraction of sp³-hybridized carbons (Fsp3) is 0.450. The van der Waals surface area contributed by atoms with Gasteiger partial charge in [0.1, 0.15) is 5.75 Å². The number of hydrogen-bond acceptors (Lipinski definition) is 3. The number of pyridine rings is 1. The van der Waals surface area contributed by atoms with Gasteiger partial charge in [-0.1, -0.05) is 40.7 Å². The molecule has 0 amide bonds. The lowest BCUT2D eigenvalue weighted by Crippen LogP contribution is -2.11. The molecule has 1 aromatic heterocycles. The van der Waals surface area contributed by atoms with Gasteiger partial charge in [-0.05, 0) is 53.1 Å². The Hall–Kier alpha value is -1.87. The molecule has 23 heavy (non-hydrogen) atoms. The van der Waals surface area contributed by atoms with Crippen LogP contribution in [0.5, 0.6) is 5.75 Å². The van der Waals surface area contributed by atoms with Crippen LogP contribution in [0.15, 0.2) is 24.3 Å². The Bertz CT molecular complexity index is 712. The summed E-state index contributed by atoms with van der Waals surface area (Å²) >= 11 is 0. The largest absolute Gasteiger partial charge is 0.507 e. The van der Waals surface area contributed by atoms with Gasteiger partial charge < -0.3 is 10.8 Å². The molecular formula is C20H28N2O. The topological polar surface area (TPSA) is 59.1 Å². The lowest BCUT2D eigenvalue weighted by molar-refractivity contribution is 0.473. The number of hydrogen-bond donors (Lipinski definition) is 2. The van der Waals surface area contributed by atoms with Crippen molar-refractivity contribution in [1.29, 1.82) is 0 Å². The molecule has 1 aromatic carbocycles. The second-order valence-corrected chi connectivity index (χ2v) is 7.51. The number of phenolic OH excluding ortho intramolecular Hbond substituents is 1. The molecule has 0 aliphatic carbocycles. The maximum absolute atomic E-state index is 10.5. The van der Waals surface area contributed by atoms with Crippen LogP contribution in [0.4, 0.5) is 0 Å². The summed E-state index contributed by atoms with van der Waals surface area (Å²) in [7, 11) is 0. The molecule has 0 radical (unpaired) electrons. The first-order valence-corrected chi connectivity index (χ1v) is 8.19. The first-order chi connectivity index (χ1) is 10.6. The molecule has 0 fully saturated rings. The second kappa shape index (κ2) is 6.32. The van der Waals surface area contributed by atoms with Gasteiger partial charge in [-0.15, -0.1) is 0 Å². The number of rotatable bonds is 3. The van der Waals surface area contributed by atoms with Crippen LogP contribution < -0.4 is 5.73 Å². The maximum atomic E-state index is 10.5. The second-order valence-electron chi connectivity index (χ2n) is 7.51. The third kappa shape index (κ3) is 3.56. The van der Waals surface area contributed by atoms with Crippen LogP contribution in [0.2, 0.25) is 0 Å². The molecule has 3 heteroatoms. The molecule has 0 spiro atoms. The fourth-order valence-electron chi connectivity index (χ4n) is 3.06. The van der Waals surface area contributed by atoms with Crippen LogP contribution in [0.3, 0.4) is 0 Å². The van der Waals surface area contributed by atoms with E-state index in [2.05, 4.69) is 40.7 Å². The minimum absolute atomic E-state index is 0.00325. The Labute approximate surface area is 139 Å². The molecule has 0 atom stereocenters. The molecule has 0 aliphatic heterocycles. The molecule has 1 heterocycles. The predicted octanol–water partition coefficient (Wildman–Crippen LogP) is 4.64. The van der Waals surface area contributed by atoms with Crippen LogP contribution in [0, 0.1) is 6.92 Å². The minimum Gasteiger partial charge on any atom is -0.507 e. The van der Waals surface area contributed by atoms with Gasteiger partial charge in [0.2, 0.25) is 0 Å². The summed E-state index contributed by atoms with van der Waals surface area (Å²) in [4.78, 5) is 4.71. The highest BCUT2D eigenvalue weighted by atomic mass is 16.3. The lowest BCUT2D eigenvalue weighted by Gasteiger charge is -2.20. The molecule has 3 N–H and O–H groups in total. The van der Waals surface area contributed by atoms with Gasteiger partial charge in [0.15, 0.2) is 0 Å². The molecule has 2 aromatic rings. The quantitative estimate of drug-likeness (QED) is 0.868. The van der Waals surface area contributed by atoms with Gasteiger partial charge >= 0.3 is 0 Å². The van der Waals surface area contributed by atoms with E-state index < -0.39 is 0 Å². The van der Waals surface area contributed by atoms with Gasteiger partial charge in [0.05, 0.1) is 5.69 Å². The molecule has 124 valence electrons. The molecule has 0 saturated carbocycles. The first kappa shape index (κ1) is 17.5. The van der Waals surface area contributed by atoms with Gasteiger partial charge in [0.25, 0.3) is 0 Å². The van der Waals surface area contributed by atoms with Crippen molar-refractivity contribution in [3.8, 4) is 17.0 Å². The van der Waals surface area contributed by atoms with Gasteiger partial charge in [0, 0.05) is 17.8 Å². The molecule has 0 unspecified atom stereocenters. The van der Waals surface area contributed by atoms with Crippen molar-refractivity contribution in [2.75, 3.05) is 0 Å². The Kier molecular flexibility index (Phi) is 4.81. The Morgan fingerprint density at radius 3 is 2.30 bits per heavy atom. The summed E-state index contributed by atoms with van der Waals surface area (Å²) in [5.74, 6) is 0.650. The summed E-state index contributed by atoms with van der Waals surface area (Å²) in [6.45, 7) is 13.2. The van der Waals surface area contributed by atoms with E-state index in [1.165, 1.54) is 5.56 Å². The molecular weight excluding hydrogens is 284 g/mol. The van der Waals surface area contributed by atoms with Crippen molar-refractivity contribution in [2.24, 2.45) is 5.73 Å². The van der Waals surface area contributed by atoms with Crippen LogP contribution >= 0.6 is 0 Å². The average molecular weight is 312 g/mol. The first-order valence-electron chi connectivity index (χ1n) is 8.19. The zero-order valence-corrected chi connectivity index (χ0v) is 15.1. The molecule has 0 saturated heterocycles. The van der Waals surface area contributed by atoms with Crippen LogP contribution in [0.1, 0.15) is 62.9 Å². The van der Waals surface area contributed by atoms with E-state index in [0.717, 1.165) is 28.1 Å². The van der Waals surface area contributed by atoms with E-state index in [9.17, 15) is 5.11 Å². The van der Waals surface area contributed by atoms with Crippen molar-refractivity contribution in [1.82, 2.24) is 4.98 Å². The van der Waals surface area contributed by atoms with Crippen LogP contribution in [-0.2, 0) is 12.0 Å². The number of benzene rings is 1. The van der Waals surface area contributed by atoms with Crippen molar-refractivity contribution >= 4 is 0 Å². The Morgan fingerprint density at radius 2 is 1.83 bits per heavy atom. The summed E-state index contributed by atoms with van der Waals surface area (Å²) < 4.78 is 0. The molecule has 3 nitrogen and oxygen atoms in total. The van der Waals surface area contributed by atoms with Crippen molar-refractivity contribution in [3.05, 3.63) is 46.6 Å². The summed E-state index contributed by atoms with van der Waals surface area (Å²) in [5.41, 5.74) is 11.9. The number of aromatic hydroxyl groups is 1. The van der Waals surface area contributed by atoms with Crippen LogP contribution in [0.25, 0.3) is 11.3 Å². The highest BCUT2D eigenvalue weighted by Gasteiger charge is 2.18. The summed E-state index contributed by atoms with van der Waals surface area (Å²) in [6, 6.07) is 7.86. The number of phenols is 1. The molecule has 0 aliphatic rings. The van der Waals surface area contributed by atoms with Crippen molar-refractivity contribution < 1.29 is 5.11 Å². The smallest absolute Gasteiger partial charge is 0.125 e. The van der Waals surface area contributed by atoms with E-state index in [4.69, 9.17) is 10.7 Å². The Balaban J connectivity index is 2.57. The fourth-order valence-corrected chi connectivity index (χ4v) is 3.06. The zero-order chi connectivity index (χ0) is 17.4. The van der Waals surface area contributed by atoms with E-state index in [-0.39, 0.29) is 11.2 Å². The number of aryl methyl sites for hydroxylation is 1. The molecule has 0 bridgehead atoms. The minimum atomic E-state index is 0.00325. The summed E-state index contributed by atoms with van der Waals surface area (Å²) in [6.07, 6.45) is 0. The predicted molar refractivity (Wildman–Crippen MR) is 96.8 cm³/mol. The highest BCUT2D eigenvalue weighted by Crippen LogP contribution is 2.35. The highest BCUT2D eigenvalue weighted by molar-refractivity contribution is 5.69. The molecule has 2 rings (SSSR count). The van der Waals surface area contributed by atoms with Gasteiger partial charge in [-0.25, -0.2) is 0 Å². The normalized spacial score (nSPS) is 12.0. The van der Waals surface area contributed by atoms with E-state index in [1.54, 1.807) is 0 Å². The standard InChI is InChI=1S/C20H28N2O/c1-12(2)19-13(3)22-17(9-14(19)11-21)16-8-7-15(10-18(16)23)20(4,5)6/h7-10,12,23H,11,21H2,1-6H3. The van der Waals surface area contributed by atoms with E-state index in [0.29, 0.717) is 12.5 Å². The third-order valence-corrected chi connectivity index (χ3v) is 4.27. The monoisotopic (exact) mass is 312 g/mol. The summed E-state index contributed by atoms with van der Waals surface area (Å²) in [5, 5.41) is 10.5. The zero-order valence-electron chi connectivity index (χ0n) is 15.1. The van der Waals surface area contributed by atoms with Gasteiger partial charge in [-0.3, -0.25) is 4.98 Å². The van der Waals surface area contributed by atoms with E-state index in [1.807, 2.05) is 25.1 Å². The van der Waals surface area contributed by atoms with Crippen molar-refractivity contribution in [3.63, 3.8) is 0 Å². The Morgan fingerprint density at radius 1 is 1.17 bits per heavy atom. The van der Waals surface area contributed by atoms with Gasteiger partial charge in [-0.2, -0.15) is 0 Å². The SMILES string of the molecule is Cc1nc(-c2ccc(C(C)(C)C)cc2O)cc(CN)c1C(C)C. The number of nitrogens with zero attached hydrogens (tertiary/aromatic N) is 1. The van der Waals surface area contributed by atoms with E-state index >= 15 is 0 Å². The average Bonchev–Trinajstić information content (AvgIpc) is 2.44. The maximum Gasteiger partial charge on any atom is 0.125 e. The number of nitrogens with two attached hydrogens (primary N) is 1. The number of aromatic nitrogens is 1. The third-order valence-electron chi connectivity index (χ3n) is 4.27. The van der Waals surface area contributed by atoms with Crippen LogP contribution in [-0.4, -0.2) is 10.1 Å². The lowest BCUT2D eigenvalue weighted by atomic mass is 9.86. The van der Waals surface area contributed by atoms with Crippen molar-refractivity contribution in [2.45, 2.75) is 59.4 Å².